The molecule has 0 atom stereocenters. The maximum absolute atomic E-state index is 5.99. The van der Waals surface area contributed by atoms with Crippen molar-refractivity contribution in [2.45, 2.75) is 51.9 Å². The molecule has 3 nitrogen and oxygen atoms in total. The molecule has 0 aliphatic heterocycles. The molecule has 0 unspecified atom stereocenters. The average molecular weight is 263 g/mol. The molecule has 1 aromatic carbocycles. The lowest BCUT2D eigenvalue weighted by molar-refractivity contribution is 0.0446. The summed E-state index contributed by atoms with van der Waals surface area (Å²) in [4.78, 5) is 0. The van der Waals surface area contributed by atoms with Gasteiger partial charge in [-0.25, -0.2) is 0 Å². The molecule has 0 saturated heterocycles. The molecule has 1 aromatic rings. The minimum absolute atomic E-state index is 0.446. The molecule has 0 bridgehead atoms. The van der Waals surface area contributed by atoms with Crippen LogP contribution in [0, 0.1) is 0 Å². The third kappa shape index (κ3) is 4.22. The normalized spacial score (nSPS) is 15.9. The van der Waals surface area contributed by atoms with Crippen LogP contribution in [0.3, 0.4) is 0 Å². The van der Waals surface area contributed by atoms with Crippen molar-refractivity contribution >= 4 is 0 Å². The highest BCUT2D eigenvalue weighted by atomic mass is 16.5. The molecular formula is C16H25NO2. The molecule has 0 amide bonds. The second kappa shape index (κ2) is 7.51. The maximum atomic E-state index is 5.99. The Kier molecular flexibility index (Phi) is 5.67. The third-order valence-electron chi connectivity index (χ3n) is 3.70. The summed E-state index contributed by atoms with van der Waals surface area (Å²) in [6.45, 7) is 4.66. The van der Waals surface area contributed by atoms with Crippen molar-refractivity contribution in [1.82, 2.24) is 5.32 Å². The van der Waals surface area contributed by atoms with Crippen LogP contribution in [-0.2, 0) is 17.9 Å². The van der Waals surface area contributed by atoms with Gasteiger partial charge in [-0.2, -0.15) is 0 Å². The lowest BCUT2D eigenvalue weighted by Gasteiger charge is -2.15. The molecule has 3 heteroatoms. The van der Waals surface area contributed by atoms with Crippen molar-refractivity contribution in [3.8, 4) is 5.75 Å². The number of benzene rings is 1. The molecule has 1 aliphatic rings. The Balaban J connectivity index is 1.98. The fraction of sp³-hybridized carbons (Fsp3) is 0.625. The summed E-state index contributed by atoms with van der Waals surface area (Å²) in [6.07, 6.45) is 5.48. The first-order valence-electron chi connectivity index (χ1n) is 7.31. The summed E-state index contributed by atoms with van der Waals surface area (Å²) in [6, 6.07) is 6.34. The highest BCUT2D eigenvalue weighted by Crippen LogP contribution is 2.25. The summed E-state index contributed by atoms with van der Waals surface area (Å²) < 4.78 is 11.4. The first kappa shape index (κ1) is 14.4. The minimum atomic E-state index is 0.446. The van der Waals surface area contributed by atoms with Crippen molar-refractivity contribution in [2.75, 3.05) is 13.7 Å². The molecule has 1 saturated carbocycles. The molecular weight excluding hydrogens is 238 g/mol. The van der Waals surface area contributed by atoms with Gasteiger partial charge in [0.05, 0.1) is 19.8 Å². The van der Waals surface area contributed by atoms with Gasteiger partial charge in [0.15, 0.2) is 0 Å². The van der Waals surface area contributed by atoms with Gasteiger partial charge in [0.1, 0.15) is 5.75 Å². The van der Waals surface area contributed by atoms with Crippen LogP contribution >= 0.6 is 0 Å². The number of ether oxygens (including phenoxy) is 2. The van der Waals surface area contributed by atoms with Crippen LogP contribution < -0.4 is 10.1 Å². The van der Waals surface area contributed by atoms with Crippen LogP contribution in [-0.4, -0.2) is 19.8 Å². The minimum Gasteiger partial charge on any atom is -0.496 e. The van der Waals surface area contributed by atoms with Gasteiger partial charge in [-0.1, -0.05) is 25.8 Å². The van der Waals surface area contributed by atoms with Crippen LogP contribution in [0.4, 0.5) is 0 Å². The Morgan fingerprint density at radius 1 is 1.26 bits per heavy atom. The van der Waals surface area contributed by atoms with Gasteiger partial charge in [-0.3, -0.25) is 0 Å². The van der Waals surface area contributed by atoms with Gasteiger partial charge in [0.25, 0.3) is 0 Å². The van der Waals surface area contributed by atoms with Crippen molar-refractivity contribution in [2.24, 2.45) is 0 Å². The van der Waals surface area contributed by atoms with Gasteiger partial charge in [-0.05, 0) is 37.1 Å². The van der Waals surface area contributed by atoms with Crippen molar-refractivity contribution in [3.05, 3.63) is 29.3 Å². The summed E-state index contributed by atoms with van der Waals surface area (Å²) in [7, 11) is 1.72. The fourth-order valence-corrected chi connectivity index (χ4v) is 2.59. The van der Waals surface area contributed by atoms with Crippen molar-refractivity contribution in [3.63, 3.8) is 0 Å². The number of rotatable bonds is 7. The molecule has 2 rings (SSSR count). The largest absolute Gasteiger partial charge is 0.496 e. The number of nitrogens with one attached hydrogen (secondary N) is 1. The molecule has 19 heavy (non-hydrogen) atoms. The number of methoxy groups -OCH3 is 1. The smallest absolute Gasteiger partial charge is 0.124 e. The zero-order valence-corrected chi connectivity index (χ0v) is 12.1. The topological polar surface area (TPSA) is 30.5 Å². The van der Waals surface area contributed by atoms with E-state index in [1.54, 1.807) is 7.11 Å². The first-order valence-corrected chi connectivity index (χ1v) is 7.31. The van der Waals surface area contributed by atoms with E-state index in [9.17, 15) is 0 Å². The van der Waals surface area contributed by atoms with Gasteiger partial charge < -0.3 is 14.8 Å². The van der Waals surface area contributed by atoms with Crippen LogP contribution in [0.15, 0.2) is 18.2 Å². The van der Waals surface area contributed by atoms with Gasteiger partial charge in [0, 0.05) is 12.1 Å². The van der Waals surface area contributed by atoms with Crippen LogP contribution in [0.5, 0.6) is 5.75 Å². The van der Waals surface area contributed by atoms with E-state index in [0.717, 1.165) is 24.4 Å². The Morgan fingerprint density at radius 2 is 2.05 bits per heavy atom. The van der Waals surface area contributed by atoms with Crippen molar-refractivity contribution in [1.29, 1.82) is 0 Å². The summed E-state index contributed by atoms with van der Waals surface area (Å²) in [5.41, 5.74) is 2.44. The van der Waals surface area contributed by atoms with E-state index in [4.69, 9.17) is 9.47 Å². The van der Waals surface area contributed by atoms with Gasteiger partial charge in [0.2, 0.25) is 0 Å². The predicted molar refractivity (Wildman–Crippen MR) is 77.4 cm³/mol. The highest BCUT2D eigenvalue weighted by molar-refractivity contribution is 5.36. The fourth-order valence-electron chi connectivity index (χ4n) is 2.59. The summed E-state index contributed by atoms with van der Waals surface area (Å²) in [5.74, 6) is 0.929. The Bertz CT molecular complexity index is 386. The standard InChI is InChI=1S/C16H25NO2/c1-3-17-11-13-8-9-16(18-2)14(10-13)12-19-15-6-4-5-7-15/h8-10,15,17H,3-7,11-12H2,1-2H3. The zero-order valence-electron chi connectivity index (χ0n) is 12.1. The molecule has 0 heterocycles. The summed E-state index contributed by atoms with van der Waals surface area (Å²) in [5, 5.41) is 3.34. The lowest BCUT2D eigenvalue weighted by Crippen LogP contribution is -2.12. The molecule has 1 N–H and O–H groups in total. The maximum Gasteiger partial charge on any atom is 0.124 e. The SMILES string of the molecule is CCNCc1ccc(OC)c(COC2CCCC2)c1. The molecule has 0 spiro atoms. The molecule has 1 fully saturated rings. The Hall–Kier alpha value is -1.06. The first-order chi connectivity index (χ1) is 9.33. The zero-order chi connectivity index (χ0) is 13.5. The number of hydrogen-bond donors (Lipinski definition) is 1. The Labute approximate surface area is 116 Å². The lowest BCUT2D eigenvalue weighted by atomic mass is 10.1. The Morgan fingerprint density at radius 3 is 2.74 bits per heavy atom. The highest BCUT2D eigenvalue weighted by Gasteiger charge is 2.16. The van der Waals surface area contributed by atoms with E-state index in [-0.39, 0.29) is 0 Å². The van der Waals surface area contributed by atoms with Gasteiger partial charge in [-0.15, -0.1) is 0 Å². The second-order valence-corrected chi connectivity index (χ2v) is 5.14. The quantitative estimate of drug-likeness (QED) is 0.819. The van der Waals surface area contributed by atoms with E-state index in [1.165, 1.54) is 31.2 Å². The summed E-state index contributed by atoms with van der Waals surface area (Å²) >= 11 is 0. The average Bonchev–Trinajstić information content (AvgIpc) is 2.96. The third-order valence-corrected chi connectivity index (χ3v) is 3.70. The molecule has 106 valence electrons. The van der Waals surface area contributed by atoms with E-state index < -0.39 is 0 Å². The molecule has 0 aromatic heterocycles. The van der Waals surface area contributed by atoms with Crippen LogP contribution in [0.2, 0.25) is 0 Å². The second-order valence-electron chi connectivity index (χ2n) is 5.14. The molecule has 1 aliphatic carbocycles. The van der Waals surface area contributed by atoms with Crippen LogP contribution in [0.25, 0.3) is 0 Å². The predicted octanol–water partition coefficient (Wildman–Crippen LogP) is 3.26. The van der Waals surface area contributed by atoms with E-state index in [1.807, 2.05) is 6.07 Å². The van der Waals surface area contributed by atoms with E-state index in [2.05, 4.69) is 24.4 Å². The number of hydrogen-bond acceptors (Lipinski definition) is 3. The van der Waals surface area contributed by atoms with Gasteiger partial charge >= 0.3 is 0 Å². The van der Waals surface area contributed by atoms with E-state index in [0.29, 0.717) is 12.7 Å². The monoisotopic (exact) mass is 263 g/mol. The van der Waals surface area contributed by atoms with Crippen molar-refractivity contribution < 1.29 is 9.47 Å². The van der Waals surface area contributed by atoms with Crippen LogP contribution in [0.1, 0.15) is 43.7 Å². The van der Waals surface area contributed by atoms with E-state index >= 15 is 0 Å². The molecule has 0 radical (unpaired) electrons.